The number of fused-ring (bicyclic) bond motifs is 1. The molecule has 0 unspecified atom stereocenters. The summed E-state index contributed by atoms with van der Waals surface area (Å²) in [4.78, 5) is 0. The van der Waals surface area contributed by atoms with Crippen molar-refractivity contribution in [1.29, 1.82) is 15.8 Å². The minimum atomic E-state index is -1.39. The lowest BCUT2D eigenvalue weighted by Gasteiger charge is -2.46. The van der Waals surface area contributed by atoms with Crippen LogP contribution < -0.4 is 5.73 Å². The zero-order valence-corrected chi connectivity index (χ0v) is 12.7. The van der Waals surface area contributed by atoms with E-state index in [2.05, 4.69) is 31.2 Å². The van der Waals surface area contributed by atoms with Crippen LogP contribution in [0.5, 0.6) is 0 Å². The molecule has 0 heterocycles. The first-order valence-electron chi connectivity index (χ1n) is 7.36. The van der Waals surface area contributed by atoms with Crippen molar-refractivity contribution in [2.24, 2.45) is 34.8 Å². The van der Waals surface area contributed by atoms with Crippen molar-refractivity contribution < 1.29 is 0 Å². The van der Waals surface area contributed by atoms with Gasteiger partial charge in [0.1, 0.15) is 6.07 Å². The topological polar surface area (TPSA) is 97.4 Å². The minimum absolute atomic E-state index is 0.0648. The molecule has 0 saturated heterocycles. The molecule has 2 aliphatic rings. The molecule has 0 aromatic rings. The Morgan fingerprint density at radius 1 is 1.29 bits per heavy atom. The molecule has 0 aliphatic heterocycles. The van der Waals surface area contributed by atoms with E-state index >= 15 is 0 Å². The van der Waals surface area contributed by atoms with Crippen molar-refractivity contribution in [3.05, 3.63) is 22.9 Å². The first-order chi connectivity index (χ1) is 9.92. The number of allylic oxidation sites excluding steroid dienone is 4. The summed E-state index contributed by atoms with van der Waals surface area (Å²) < 4.78 is 0. The number of hydrogen-bond acceptors (Lipinski definition) is 4. The van der Waals surface area contributed by atoms with Gasteiger partial charge in [0.2, 0.25) is 0 Å². The van der Waals surface area contributed by atoms with Crippen LogP contribution in [0.4, 0.5) is 0 Å². The van der Waals surface area contributed by atoms with E-state index in [1.165, 1.54) is 0 Å². The molecule has 0 amide bonds. The predicted octanol–water partition coefficient (Wildman–Crippen LogP) is 3.01. The number of nitrogens with two attached hydrogens (primary N) is 1. The molecule has 2 rings (SSSR count). The van der Waals surface area contributed by atoms with Crippen LogP contribution >= 0.6 is 0 Å². The van der Waals surface area contributed by atoms with Gasteiger partial charge in [-0.25, -0.2) is 0 Å². The fraction of sp³-hybridized carbons (Fsp3) is 0.588. The van der Waals surface area contributed by atoms with Gasteiger partial charge in [0.25, 0.3) is 0 Å². The van der Waals surface area contributed by atoms with E-state index < -0.39 is 5.41 Å². The Hall–Kier alpha value is -2.25. The van der Waals surface area contributed by atoms with E-state index in [9.17, 15) is 15.8 Å². The summed E-state index contributed by atoms with van der Waals surface area (Å²) in [5.74, 6) is 0.532. The quantitative estimate of drug-likeness (QED) is 0.798. The first kappa shape index (κ1) is 15.1. The summed E-state index contributed by atoms with van der Waals surface area (Å²) in [6.45, 7) is 6.21. The zero-order chi connectivity index (χ0) is 15.8. The van der Waals surface area contributed by atoms with Crippen LogP contribution in [0.15, 0.2) is 22.9 Å². The molecular formula is C17H20N4. The molecule has 0 bridgehead atoms. The highest BCUT2D eigenvalue weighted by Crippen LogP contribution is 2.54. The Labute approximate surface area is 126 Å². The van der Waals surface area contributed by atoms with E-state index in [1.807, 2.05) is 13.8 Å². The second-order valence-corrected chi connectivity index (χ2v) is 6.54. The number of nitrogens with zero attached hydrogens (tertiary/aromatic N) is 3. The third-order valence-corrected chi connectivity index (χ3v) is 4.89. The van der Waals surface area contributed by atoms with Crippen molar-refractivity contribution in [3.8, 4) is 18.2 Å². The Morgan fingerprint density at radius 2 is 1.90 bits per heavy atom. The van der Waals surface area contributed by atoms with Crippen LogP contribution in [0.1, 0.15) is 33.6 Å². The van der Waals surface area contributed by atoms with E-state index in [1.54, 1.807) is 0 Å². The molecular weight excluding hydrogens is 260 g/mol. The summed E-state index contributed by atoms with van der Waals surface area (Å²) in [5.41, 5.74) is 6.19. The lowest BCUT2D eigenvalue weighted by molar-refractivity contribution is 0.158. The van der Waals surface area contributed by atoms with E-state index in [0.717, 1.165) is 18.4 Å². The highest BCUT2D eigenvalue weighted by molar-refractivity contribution is 5.56. The Balaban J connectivity index is 2.77. The molecule has 0 radical (unpaired) electrons. The third kappa shape index (κ3) is 2.01. The normalized spacial score (nSPS) is 30.7. The first-order valence-corrected chi connectivity index (χ1v) is 7.36. The standard InChI is InChI=1S/C17H20N4/c1-10(2)15-13-6-11(3)4-5-12(13)14(7-18)16(21)17(15,8-19)9-20/h5,10-11,13,15H,4,6,21H2,1-3H3/t11-,13+,15-/m1/s1. The second kappa shape index (κ2) is 5.27. The van der Waals surface area contributed by atoms with E-state index in [0.29, 0.717) is 11.5 Å². The number of hydrogen-bond donors (Lipinski definition) is 1. The Kier molecular flexibility index (Phi) is 3.80. The second-order valence-electron chi connectivity index (χ2n) is 6.54. The van der Waals surface area contributed by atoms with E-state index in [4.69, 9.17) is 5.73 Å². The molecule has 3 atom stereocenters. The van der Waals surface area contributed by atoms with E-state index in [-0.39, 0.29) is 23.5 Å². The number of rotatable bonds is 1. The van der Waals surface area contributed by atoms with Gasteiger partial charge in [0, 0.05) is 5.92 Å². The Bertz CT molecular complexity index is 619. The van der Waals surface area contributed by atoms with Crippen molar-refractivity contribution in [3.63, 3.8) is 0 Å². The molecule has 108 valence electrons. The molecule has 0 spiro atoms. The molecule has 4 nitrogen and oxygen atoms in total. The van der Waals surface area contributed by atoms with Gasteiger partial charge in [-0.1, -0.05) is 26.8 Å². The fourth-order valence-corrected chi connectivity index (χ4v) is 3.98. The molecule has 0 aromatic heterocycles. The van der Waals surface area contributed by atoms with Gasteiger partial charge in [-0.15, -0.1) is 0 Å². The van der Waals surface area contributed by atoms with Crippen LogP contribution in [0.3, 0.4) is 0 Å². The van der Waals surface area contributed by atoms with Gasteiger partial charge in [-0.3, -0.25) is 0 Å². The smallest absolute Gasteiger partial charge is 0.187 e. The van der Waals surface area contributed by atoms with Crippen LogP contribution in [0, 0.1) is 63.1 Å². The molecule has 21 heavy (non-hydrogen) atoms. The van der Waals surface area contributed by atoms with Crippen molar-refractivity contribution in [2.75, 3.05) is 0 Å². The van der Waals surface area contributed by atoms with Gasteiger partial charge in [0.15, 0.2) is 5.41 Å². The molecule has 2 aliphatic carbocycles. The van der Waals surface area contributed by atoms with Gasteiger partial charge in [-0.05, 0) is 36.2 Å². The van der Waals surface area contributed by atoms with Gasteiger partial charge in [-0.2, -0.15) is 15.8 Å². The number of nitriles is 3. The minimum Gasteiger partial charge on any atom is -0.399 e. The lowest BCUT2D eigenvalue weighted by atomic mass is 9.55. The molecule has 2 N–H and O–H groups in total. The molecule has 4 heteroatoms. The summed E-state index contributed by atoms with van der Waals surface area (Å²) >= 11 is 0. The predicted molar refractivity (Wildman–Crippen MR) is 78.8 cm³/mol. The van der Waals surface area contributed by atoms with Crippen molar-refractivity contribution >= 4 is 0 Å². The maximum absolute atomic E-state index is 9.69. The monoisotopic (exact) mass is 280 g/mol. The summed E-state index contributed by atoms with van der Waals surface area (Å²) in [5, 5.41) is 28.8. The van der Waals surface area contributed by atoms with Crippen LogP contribution in [-0.4, -0.2) is 0 Å². The SMILES string of the molecule is CC(C)[C@@H]1[C@H]2C[C@H](C)CC=C2C(C#N)=C(N)C1(C#N)C#N. The lowest BCUT2D eigenvalue weighted by Crippen LogP contribution is -2.47. The highest BCUT2D eigenvalue weighted by atomic mass is 14.7. The van der Waals surface area contributed by atoms with Gasteiger partial charge in [0.05, 0.1) is 23.4 Å². The molecule has 0 fully saturated rings. The zero-order valence-electron chi connectivity index (χ0n) is 12.7. The van der Waals surface area contributed by atoms with Crippen LogP contribution in [-0.2, 0) is 0 Å². The van der Waals surface area contributed by atoms with Crippen LogP contribution in [0.2, 0.25) is 0 Å². The maximum Gasteiger partial charge on any atom is 0.187 e. The summed E-state index contributed by atoms with van der Waals surface area (Å²) in [6.07, 6.45) is 3.90. The van der Waals surface area contributed by atoms with Crippen molar-refractivity contribution in [1.82, 2.24) is 0 Å². The average molecular weight is 280 g/mol. The largest absolute Gasteiger partial charge is 0.399 e. The van der Waals surface area contributed by atoms with Crippen molar-refractivity contribution in [2.45, 2.75) is 33.6 Å². The molecule has 0 aromatic carbocycles. The Morgan fingerprint density at radius 3 is 2.38 bits per heavy atom. The maximum atomic E-state index is 9.69. The van der Waals surface area contributed by atoms with Gasteiger partial charge >= 0.3 is 0 Å². The van der Waals surface area contributed by atoms with Crippen LogP contribution in [0.25, 0.3) is 0 Å². The fourth-order valence-electron chi connectivity index (χ4n) is 3.98. The highest BCUT2D eigenvalue weighted by Gasteiger charge is 2.54. The molecule has 0 saturated carbocycles. The summed E-state index contributed by atoms with van der Waals surface area (Å²) in [6, 6.07) is 6.41. The third-order valence-electron chi connectivity index (χ3n) is 4.89. The average Bonchev–Trinajstić information content (AvgIpc) is 2.46. The summed E-state index contributed by atoms with van der Waals surface area (Å²) in [7, 11) is 0. The van der Waals surface area contributed by atoms with Gasteiger partial charge < -0.3 is 5.73 Å².